The average Bonchev–Trinajstić information content (AvgIpc) is 2.46. The van der Waals surface area contributed by atoms with Crippen molar-refractivity contribution in [2.75, 3.05) is 7.11 Å². The molecule has 1 heterocycles. The summed E-state index contributed by atoms with van der Waals surface area (Å²) in [5.41, 5.74) is 0.365. The summed E-state index contributed by atoms with van der Waals surface area (Å²) in [7, 11) is 2.84. The number of nitrogens with zero attached hydrogens (tertiary/aromatic N) is 2. The molecule has 1 aromatic carbocycles. The highest BCUT2D eigenvalue weighted by Gasteiger charge is 2.11. The third-order valence-electron chi connectivity index (χ3n) is 2.46. The third-order valence-corrected chi connectivity index (χ3v) is 3.80. The van der Waals surface area contributed by atoms with E-state index in [4.69, 9.17) is 25.4 Å². The van der Waals surface area contributed by atoms with Crippen LogP contribution in [0.1, 0.15) is 5.56 Å². The van der Waals surface area contributed by atoms with Crippen LogP contribution in [0.5, 0.6) is 17.4 Å². The van der Waals surface area contributed by atoms with Crippen molar-refractivity contribution >= 4 is 19.7 Å². The maximum Gasteiger partial charge on any atom is 0.262 e. The van der Waals surface area contributed by atoms with Crippen LogP contribution in [0, 0.1) is 11.3 Å². The first-order valence-electron chi connectivity index (χ1n) is 5.60. The molecule has 0 unspecified atom stereocenters. The molecule has 0 spiro atoms. The third kappa shape index (κ3) is 3.84. The van der Waals surface area contributed by atoms with Gasteiger partial charge >= 0.3 is 0 Å². The second-order valence-electron chi connectivity index (χ2n) is 3.88. The lowest BCUT2D eigenvalue weighted by atomic mass is 10.2. The summed E-state index contributed by atoms with van der Waals surface area (Å²) < 4.78 is 32.7. The molecule has 2 rings (SSSR count). The molecule has 6 nitrogen and oxygen atoms in total. The van der Waals surface area contributed by atoms with Crippen LogP contribution < -0.4 is 9.47 Å². The average molecular weight is 325 g/mol. The van der Waals surface area contributed by atoms with E-state index in [1.807, 2.05) is 6.07 Å². The van der Waals surface area contributed by atoms with Gasteiger partial charge in [-0.1, -0.05) is 0 Å². The summed E-state index contributed by atoms with van der Waals surface area (Å²) >= 11 is 0. The highest BCUT2D eigenvalue weighted by molar-refractivity contribution is 8.13. The van der Waals surface area contributed by atoms with Crippen molar-refractivity contribution in [3.63, 3.8) is 0 Å². The lowest BCUT2D eigenvalue weighted by Gasteiger charge is -2.07. The van der Waals surface area contributed by atoms with E-state index >= 15 is 0 Å². The van der Waals surface area contributed by atoms with E-state index in [1.165, 1.54) is 25.3 Å². The Bertz CT molecular complexity index is 798. The number of hydrogen-bond acceptors (Lipinski definition) is 6. The van der Waals surface area contributed by atoms with Gasteiger partial charge in [-0.05, 0) is 18.2 Å². The van der Waals surface area contributed by atoms with Gasteiger partial charge in [0.1, 0.15) is 16.4 Å². The van der Waals surface area contributed by atoms with E-state index in [9.17, 15) is 8.42 Å². The molecule has 108 valence electrons. The quantitative estimate of drug-likeness (QED) is 0.803. The fourth-order valence-electron chi connectivity index (χ4n) is 1.51. The van der Waals surface area contributed by atoms with Crippen molar-refractivity contribution in [1.82, 2.24) is 4.98 Å². The molecule has 0 aliphatic heterocycles. The first kappa shape index (κ1) is 15.1. The molecule has 0 fully saturated rings. The summed E-state index contributed by atoms with van der Waals surface area (Å²) in [5, 5.41) is 8.92. The standard InChI is InChI=1S/C13H9ClN2O4S/c1-19-10-4-9(7-15)5-11(6-10)20-13-3-2-12(8-16-13)21(14,17)18/h2-6,8H,1H3. The Labute approximate surface area is 125 Å². The Morgan fingerprint density at radius 3 is 2.48 bits per heavy atom. The number of nitriles is 1. The Kier molecular flexibility index (Phi) is 4.31. The molecular weight excluding hydrogens is 316 g/mol. The number of ether oxygens (including phenoxy) is 2. The zero-order valence-electron chi connectivity index (χ0n) is 10.8. The highest BCUT2D eigenvalue weighted by atomic mass is 35.7. The van der Waals surface area contributed by atoms with Crippen molar-refractivity contribution in [2.24, 2.45) is 0 Å². The molecular formula is C13H9ClN2O4S. The Balaban J connectivity index is 2.28. The Hall–Kier alpha value is -2.30. The molecule has 0 saturated heterocycles. The monoisotopic (exact) mass is 324 g/mol. The molecule has 0 N–H and O–H groups in total. The maximum absolute atomic E-state index is 11.1. The van der Waals surface area contributed by atoms with Gasteiger partial charge in [-0.3, -0.25) is 0 Å². The van der Waals surface area contributed by atoms with E-state index in [0.29, 0.717) is 17.1 Å². The van der Waals surface area contributed by atoms with Crippen LogP contribution in [0.25, 0.3) is 0 Å². The Morgan fingerprint density at radius 2 is 1.95 bits per heavy atom. The van der Waals surface area contributed by atoms with E-state index in [-0.39, 0.29) is 10.8 Å². The van der Waals surface area contributed by atoms with Crippen LogP contribution in [0.2, 0.25) is 0 Å². The predicted molar refractivity (Wildman–Crippen MR) is 75.1 cm³/mol. The van der Waals surface area contributed by atoms with Gasteiger partial charge in [0.15, 0.2) is 0 Å². The molecule has 0 aliphatic carbocycles. The summed E-state index contributed by atoms with van der Waals surface area (Å²) in [6.45, 7) is 0. The van der Waals surface area contributed by atoms with Gasteiger partial charge in [0.2, 0.25) is 5.88 Å². The van der Waals surface area contributed by atoms with Gasteiger partial charge in [-0.2, -0.15) is 5.26 Å². The first-order chi connectivity index (χ1) is 9.92. The smallest absolute Gasteiger partial charge is 0.262 e. The van der Waals surface area contributed by atoms with Crippen LogP contribution in [0.3, 0.4) is 0 Å². The topological polar surface area (TPSA) is 89.3 Å². The van der Waals surface area contributed by atoms with E-state index in [1.54, 1.807) is 12.1 Å². The first-order valence-corrected chi connectivity index (χ1v) is 7.91. The van der Waals surface area contributed by atoms with Gasteiger partial charge in [0.25, 0.3) is 9.05 Å². The fraction of sp³-hybridized carbons (Fsp3) is 0.0769. The molecule has 0 amide bonds. The number of hydrogen-bond donors (Lipinski definition) is 0. The van der Waals surface area contributed by atoms with Gasteiger partial charge in [-0.25, -0.2) is 13.4 Å². The number of pyridine rings is 1. The molecule has 8 heteroatoms. The molecule has 0 radical (unpaired) electrons. The van der Waals surface area contributed by atoms with Gasteiger partial charge in [-0.15, -0.1) is 0 Å². The number of halogens is 1. The van der Waals surface area contributed by atoms with Gasteiger partial charge < -0.3 is 9.47 Å². The van der Waals surface area contributed by atoms with E-state index in [0.717, 1.165) is 6.20 Å². The second kappa shape index (κ2) is 5.99. The highest BCUT2D eigenvalue weighted by Crippen LogP contribution is 2.26. The number of aromatic nitrogens is 1. The van der Waals surface area contributed by atoms with Crippen molar-refractivity contribution in [3.8, 4) is 23.4 Å². The predicted octanol–water partition coefficient (Wildman–Crippen LogP) is 2.68. The zero-order valence-corrected chi connectivity index (χ0v) is 12.4. The minimum absolute atomic E-state index is 0.125. The molecule has 0 saturated carbocycles. The molecule has 0 bridgehead atoms. The molecule has 21 heavy (non-hydrogen) atoms. The minimum Gasteiger partial charge on any atom is -0.497 e. The van der Waals surface area contributed by atoms with Crippen molar-refractivity contribution < 1.29 is 17.9 Å². The Morgan fingerprint density at radius 1 is 1.24 bits per heavy atom. The summed E-state index contributed by atoms with van der Waals surface area (Å²) in [4.78, 5) is 3.72. The molecule has 0 aliphatic rings. The summed E-state index contributed by atoms with van der Waals surface area (Å²) in [5.74, 6) is 0.972. The zero-order chi connectivity index (χ0) is 15.5. The van der Waals surface area contributed by atoms with Crippen molar-refractivity contribution in [2.45, 2.75) is 4.90 Å². The normalized spacial score (nSPS) is 10.7. The van der Waals surface area contributed by atoms with Crippen LogP contribution in [-0.2, 0) is 9.05 Å². The van der Waals surface area contributed by atoms with Crippen molar-refractivity contribution in [3.05, 3.63) is 42.1 Å². The van der Waals surface area contributed by atoms with Crippen LogP contribution in [0.15, 0.2) is 41.4 Å². The maximum atomic E-state index is 11.1. The lowest BCUT2D eigenvalue weighted by Crippen LogP contribution is -1.94. The summed E-state index contributed by atoms with van der Waals surface area (Å²) in [6, 6.07) is 9.26. The van der Waals surface area contributed by atoms with Gasteiger partial charge in [0.05, 0.1) is 24.9 Å². The van der Waals surface area contributed by atoms with E-state index in [2.05, 4.69) is 4.98 Å². The lowest BCUT2D eigenvalue weighted by molar-refractivity contribution is 0.407. The van der Waals surface area contributed by atoms with Crippen LogP contribution >= 0.6 is 10.7 Å². The SMILES string of the molecule is COc1cc(C#N)cc(Oc2ccc(S(=O)(=O)Cl)cn2)c1. The van der Waals surface area contributed by atoms with E-state index < -0.39 is 9.05 Å². The number of benzene rings is 1. The summed E-state index contributed by atoms with van der Waals surface area (Å²) in [6.07, 6.45) is 1.09. The number of methoxy groups -OCH3 is 1. The molecule has 0 atom stereocenters. The fourth-order valence-corrected chi connectivity index (χ4v) is 2.19. The van der Waals surface area contributed by atoms with Crippen molar-refractivity contribution in [1.29, 1.82) is 5.26 Å². The van der Waals surface area contributed by atoms with Crippen LogP contribution in [0.4, 0.5) is 0 Å². The number of rotatable bonds is 4. The van der Waals surface area contributed by atoms with Crippen LogP contribution in [-0.4, -0.2) is 20.5 Å². The second-order valence-corrected chi connectivity index (χ2v) is 6.45. The minimum atomic E-state index is -3.82. The van der Waals surface area contributed by atoms with Gasteiger partial charge in [0, 0.05) is 22.8 Å². The molecule has 1 aromatic heterocycles. The molecule has 2 aromatic rings. The largest absolute Gasteiger partial charge is 0.497 e.